The topological polar surface area (TPSA) is 29.5 Å². The third-order valence-corrected chi connectivity index (χ3v) is 2.52. The molecule has 1 aromatic carbocycles. The van der Waals surface area contributed by atoms with Crippen molar-refractivity contribution >= 4 is 0 Å². The van der Waals surface area contributed by atoms with Crippen molar-refractivity contribution in [2.75, 3.05) is 6.61 Å². The Hall–Kier alpha value is -1.44. The lowest BCUT2D eigenvalue weighted by Gasteiger charge is -2.05. The van der Waals surface area contributed by atoms with E-state index >= 15 is 0 Å². The molecule has 0 atom stereocenters. The first-order valence-corrected chi connectivity index (χ1v) is 6.39. The Labute approximate surface area is 104 Å². The fourth-order valence-corrected chi connectivity index (χ4v) is 1.56. The van der Waals surface area contributed by atoms with Crippen LogP contribution in [-0.2, 0) is 0 Å². The van der Waals surface area contributed by atoms with Gasteiger partial charge in [0.1, 0.15) is 11.5 Å². The molecular weight excluding hydrogens is 212 g/mol. The standard InChI is InChI=1S/C15H22O2/c1-2-3-4-5-6-7-8-13-17-15-11-9-14(16)10-12-15/h3-4,9-12,16H,2,5-8,13H2,1H3. The van der Waals surface area contributed by atoms with Crippen LogP contribution < -0.4 is 4.74 Å². The molecule has 0 aliphatic heterocycles. The Morgan fingerprint density at radius 2 is 1.82 bits per heavy atom. The molecule has 0 saturated carbocycles. The van der Waals surface area contributed by atoms with Crippen molar-refractivity contribution in [3.63, 3.8) is 0 Å². The summed E-state index contributed by atoms with van der Waals surface area (Å²) in [5.74, 6) is 1.11. The van der Waals surface area contributed by atoms with Gasteiger partial charge in [0.25, 0.3) is 0 Å². The van der Waals surface area contributed by atoms with Crippen LogP contribution in [0.5, 0.6) is 11.5 Å². The molecule has 0 aliphatic carbocycles. The van der Waals surface area contributed by atoms with Crippen molar-refractivity contribution in [3.05, 3.63) is 36.4 Å². The van der Waals surface area contributed by atoms with Crippen molar-refractivity contribution in [3.8, 4) is 11.5 Å². The minimum absolute atomic E-state index is 0.278. The second kappa shape index (κ2) is 8.68. The van der Waals surface area contributed by atoms with E-state index in [4.69, 9.17) is 9.84 Å². The summed E-state index contributed by atoms with van der Waals surface area (Å²) < 4.78 is 5.56. The normalized spacial score (nSPS) is 10.9. The van der Waals surface area contributed by atoms with Gasteiger partial charge in [-0.25, -0.2) is 0 Å². The summed E-state index contributed by atoms with van der Waals surface area (Å²) in [4.78, 5) is 0. The summed E-state index contributed by atoms with van der Waals surface area (Å²) in [7, 11) is 0. The highest BCUT2D eigenvalue weighted by atomic mass is 16.5. The Balaban J connectivity index is 2.01. The van der Waals surface area contributed by atoms with Crippen LogP contribution in [0.1, 0.15) is 39.0 Å². The lowest BCUT2D eigenvalue weighted by Crippen LogP contribution is -1.96. The number of ether oxygens (including phenoxy) is 1. The van der Waals surface area contributed by atoms with E-state index in [1.165, 1.54) is 19.3 Å². The van der Waals surface area contributed by atoms with Gasteiger partial charge in [0.2, 0.25) is 0 Å². The lowest BCUT2D eigenvalue weighted by molar-refractivity contribution is 0.305. The van der Waals surface area contributed by atoms with Crippen molar-refractivity contribution in [1.29, 1.82) is 0 Å². The van der Waals surface area contributed by atoms with E-state index in [0.717, 1.165) is 25.2 Å². The van der Waals surface area contributed by atoms with Crippen LogP contribution in [0.15, 0.2) is 36.4 Å². The number of phenols is 1. The summed E-state index contributed by atoms with van der Waals surface area (Å²) in [5.41, 5.74) is 0. The number of phenolic OH excluding ortho intramolecular Hbond substituents is 1. The van der Waals surface area contributed by atoms with Gasteiger partial charge in [0.05, 0.1) is 6.61 Å². The van der Waals surface area contributed by atoms with Crippen LogP contribution in [0.2, 0.25) is 0 Å². The molecule has 1 rings (SSSR count). The van der Waals surface area contributed by atoms with E-state index in [1.807, 2.05) is 0 Å². The van der Waals surface area contributed by atoms with Crippen LogP contribution in [0, 0.1) is 0 Å². The first-order valence-electron chi connectivity index (χ1n) is 6.39. The molecule has 0 spiro atoms. The molecule has 0 aromatic heterocycles. The summed E-state index contributed by atoms with van der Waals surface area (Å²) >= 11 is 0. The van der Waals surface area contributed by atoms with Crippen molar-refractivity contribution in [2.24, 2.45) is 0 Å². The van der Waals surface area contributed by atoms with Gasteiger partial charge in [-0.3, -0.25) is 0 Å². The third-order valence-electron chi connectivity index (χ3n) is 2.52. The van der Waals surface area contributed by atoms with E-state index in [2.05, 4.69) is 19.1 Å². The SMILES string of the molecule is CCC=CCCCCCOc1ccc(O)cc1. The Morgan fingerprint density at radius 3 is 2.53 bits per heavy atom. The van der Waals surface area contributed by atoms with E-state index < -0.39 is 0 Å². The van der Waals surface area contributed by atoms with E-state index in [1.54, 1.807) is 24.3 Å². The summed E-state index contributed by atoms with van der Waals surface area (Å²) in [6, 6.07) is 6.87. The first kappa shape index (κ1) is 13.6. The van der Waals surface area contributed by atoms with Gasteiger partial charge in [0.15, 0.2) is 0 Å². The van der Waals surface area contributed by atoms with Crippen LogP contribution in [-0.4, -0.2) is 11.7 Å². The molecule has 0 radical (unpaired) electrons. The molecule has 0 fully saturated rings. The van der Waals surface area contributed by atoms with Gasteiger partial charge in [-0.2, -0.15) is 0 Å². The summed E-state index contributed by atoms with van der Waals surface area (Å²) in [6.45, 7) is 2.91. The second-order valence-electron chi connectivity index (χ2n) is 4.07. The molecule has 0 unspecified atom stereocenters. The van der Waals surface area contributed by atoms with Crippen LogP contribution >= 0.6 is 0 Å². The van der Waals surface area contributed by atoms with Crippen molar-refractivity contribution in [2.45, 2.75) is 39.0 Å². The smallest absolute Gasteiger partial charge is 0.119 e. The number of rotatable bonds is 8. The minimum Gasteiger partial charge on any atom is -0.508 e. The van der Waals surface area contributed by atoms with Crippen LogP contribution in [0.3, 0.4) is 0 Å². The zero-order valence-electron chi connectivity index (χ0n) is 10.6. The maximum Gasteiger partial charge on any atom is 0.119 e. The molecule has 0 amide bonds. The van der Waals surface area contributed by atoms with Gasteiger partial charge in [-0.1, -0.05) is 19.1 Å². The van der Waals surface area contributed by atoms with Gasteiger partial charge in [0, 0.05) is 0 Å². The minimum atomic E-state index is 0.278. The molecule has 0 saturated heterocycles. The second-order valence-corrected chi connectivity index (χ2v) is 4.07. The molecular formula is C15H22O2. The quantitative estimate of drug-likeness (QED) is 0.537. The van der Waals surface area contributed by atoms with E-state index in [0.29, 0.717) is 0 Å². The Morgan fingerprint density at radius 1 is 1.06 bits per heavy atom. The van der Waals surface area contributed by atoms with Gasteiger partial charge in [-0.15, -0.1) is 0 Å². The van der Waals surface area contributed by atoms with Gasteiger partial charge >= 0.3 is 0 Å². The predicted molar refractivity (Wildman–Crippen MR) is 71.5 cm³/mol. The Kier molecular flexibility index (Phi) is 6.96. The van der Waals surface area contributed by atoms with Gasteiger partial charge < -0.3 is 9.84 Å². The maximum absolute atomic E-state index is 9.11. The largest absolute Gasteiger partial charge is 0.508 e. The zero-order valence-corrected chi connectivity index (χ0v) is 10.6. The van der Waals surface area contributed by atoms with Crippen molar-refractivity contribution < 1.29 is 9.84 Å². The molecule has 1 aromatic rings. The lowest BCUT2D eigenvalue weighted by atomic mass is 10.2. The number of unbranched alkanes of at least 4 members (excludes halogenated alkanes) is 3. The van der Waals surface area contributed by atoms with E-state index in [-0.39, 0.29) is 5.75 Å². The fraction of sp³-hybridized carbons (Fsp3) is 0.467. The third kappa shape index (κ3) is 6.67. The molecule has 2 nitrogen and oxygen atoms in total. The predicted octanol–water partition coefficient (Wildman–Crippen LogP) is 4.30. The molecule has 2 heteroatoms. The Bertz CT molecular complexity index is 314. The zero-order chi connectivity index (χ0) is 12.3. The fourth-order valence-electron chi connectivity index (χ4n) is 1.56. The molecule has 0 aliphatic rings. The number of hydrogen-bond donors (Lipinski definition) is 1. The number of hydrogen-bond acceptors (Lipinski definition) is 2. The number of allylic oxidation sites excluding steroid dienone is 2. The highest BCUT2D eigenvalue weighted by molar-refractivity contribution is 5.29. The molecule has 0 heterocycles. The molecule has 0 bridgehead atoms. The summed E-state index contributed by atoms with van der Waals surface area (Å²) in [5, 5.41) is 9.11. The van der Waals surface area contributed by atoms with Gasteiger partial charge in [-0.05, 0) is 56.4 Å². The number of aromatic hydroxyl groups is 1. The summed E-state index contributed by atoms with van der Waals surface area (Å²) in [6.07, 6.45) is 10.3. The first-order chi connectivity index (χ1) is 8.33. The molecule has 94 valence electrons. The van der Waals surface area contributed by atoms with E-state index in [9.17, 15) is 0 Å². The monoisotopic (exact) mass is 234 g/mol. The maximum atomic E-state index is 9.11. The number of benzene rings is 1. The average molecular weight is 234 g/mol. The van der Waals surface area contributed by atoms with Crippen LogP contribution in [0.25, 0.3) is 0 Å². The van der Waals surface area contributed by atoms with Crippen LogP contribution in [0.4, 0.5) is 0 Å². The average Bonchev–Trinajstić information content (AvgIpc) is 2.35. The highest BCUT2D eigenvalue weighted by Crippen LogP contribution is 2.16. The molecule has 17 heavy (non-hydrogen) atoms. The molecule has 1 N–H and O–H groups in total. The van der Waals surface area contributed by atoms with Crippen molar-refractivity contribution in [1.82, 2.24) is 0 Å². The highest BCUT2D eigenvalue weighted by Gasteiger charge is 1.94.